The van der Waals surface area contributed by atoms with E-state index in [2.05, 4.69) is 5.32 Å². The van der Waals surface area contributed by atoms with Crippen LogP contribution in [0.3, 0.4) is 0 Å². The number of esters is 1. The van der Waals surface area contributed by atoms with Gasteiger partial charge in [-0.25, -0.2) is 0 Å². The molecule has 4 heteroatoms. The molecule has 0 amide bonds. The fourth-order valence-electron chi connectivity index (χ4n) is 1.30. The van der Waals surface area contributed by atoms with Gasteiger partial charge in [0.15, 0.2) is 0 Å². The predicted octanol–water partition coefficient (Wildman–Crippen LogP) is 1.76. The first-order valence-electron chi connectivity index (χ1n) is 5.42. The fourth-order valence-corrected chi connectivity index (χ4v) is 1.30. The van der Waals surface area contributed by atoms with Crippen LogP contribution in [0, 0.1) is 5.92 Å². The molecular formula is C12H15NO3. The Labute approximate surface area is 94.2 Å². The molecule has 0 radical (unpaired) electrons. The van der Waals surface area contributed by atoms with Crippen LogP contribution in [0.25, 0.3) is 0 Å². The summed E-state index contributed by atoms with van der Waals surface area (Å²) in [6.07, 6.45) is 2.36. The van der Waals surface area contributed by atoms with Crippen molar-refractivity contribution in [1.29, 1.82) is 0 Å². The molecule has 2 N–H and O–H groups in total. The Morgan fingerprint density at radius 1 is 1.38 bits per heavy atom. The fraction of sp³-hybridized carbons (Fsp3) is 0.417. The second kappa shape index (κ2) is 4.88. The zero-order chi connectivity index (χ0) is 11.4. The van der Waals surface area contributed by atoms with Gasteiger partial charge in [0.1, 0.15) is 12.3 Å². The molecule has 0 heterocycles. The predicted molar refractivity (Wildman–Crippen MR) is 60.3 cm³/mol. The molecule has 4 nitrogen and oxygen atoms in total. The van der Waals surface area contributed by atoms with Gasteiger partial charge in [-0.1, -0.05) is 0 Å². The molecule has 16 heavy (non-hydrogen) atoms. The summed E-state index contributed by atoms with van der Waals surface area (Å²) in [5.41, 5.74) is 0.793. The highest BCUT2D eigenvalue weighted by Crippen LogP contribution is 2.28. The van der Waals surface area contributed by atoms with Gasteiger partial charge < -0.3 is 15.2 Å². The van der Waals surface area contributed by atoms with Crippen LogP contribution in [-0.4, -0.2) is 24.2 Å². The molecule has 0 atom stereocenters. The minimum Gasteiger partial charge on any atom is -0.508 e. The minimum absolute atomic E-state index is 0.164. The van der Waals surface area contributed by atoms with E-state index in [4.69, 9.17) is 9.84 Å². The van der Waals surface area contributed by atoms with E-state index < -0.39 is 0 Å². The first-order chi connectivity index (χ1) is 7.74. The molecule has 1 fully saturated rings. The van der Waals surface area contributed by atoms with E-state index in [1.165, 1.54) is 12.8 Å². The highest BCUT2D eigenvalue weighted by molar-refractivity contribution is 5.75. The number of carbonyl (C=O) groups is 1. The SMILES string of the molecule is O=C(CNc1ccc(O)cc1)OCC1CC1. The van der Waals surface area contributed by atoms with Crippen molar-refractivity contribution >= 4 is 11.7 Å². The Morgan fingerprint density at radius 2 is 2.06 bits per heavy atom. The van der Waals surface area contributed by atoms with Crippen LogP contribution in [0.15, 0.2) is 24.3 Å². The van der Waals surface area contributed by atoms with Gasteiger partial charge in [-0.3, -0.25) is 4.79 Å². The molecule has 1 aromatic rings. The Kier molecular flexibility index (Phi) is 3.29. The highest BCUT2D eigenvalue weighted by atomic mass is 16.5. The molecule has 0 saturated heterocycles. The molecule has 0 unspecified atom stereocenters. The van der Waals surface area contributed by atoms with Crippen LogP contribution in [-0.2, 0) is 9.53 Å². The summed E-state index contributed by atoms with van der Waals surface area (Å²) >= 11 is 0. The summed E-state index contributed by atoms with van der Waals surface area (Å²) < 4.78 is 5.06. The maximum Gasteiger partial charge on any atom is 0.325 e. The van der Waals surface area contributed by atoms with E-state index in [0.717, 1.165) is 5.69 Å². The maximum absolute atomic E-state index is 11.3. The minimum atomic E-state index is -0.236. The topological polar surface area (TPSA) is 58.6 Å². The standard InChI is InChI=1S/C12H15NO3/c14-11-5-3-10(4-6-11)13-7-12(15)16-8-9-1-2-9/h3-6,9,13-14H,1-2,7-8H2. The summed E-state index contributed by atoms with van der Waals surface area (Å²) in [6.45, 7) is 0.716. The molecule has 86 valence electrons. The normalized spacial score (nSPS) is 14.5. The third kappa shape index (κ3) is 3.46. The van der Waals surface area contributed by atoms with Crippen LogP contribution < -0.4 is 5.32 Å². The van der Waals surface area contributed by atoms with Gasteiger partial charge in [0, 0.05) is 5.69 Å². The molecule has 1 saturated carbocycles. The van der Waals surface area contributed by atoms with Crippen molar-refractivity contribution < 1.29 is 14.6 Å². The number of ether oxygens (including phenoxy) is 1. The third-order valence-electron chi connectivity index (χ3n) is 2.48. The van der Waals surface area contributed by atoms with Crippen molar-refractivity contribution in [3.8, 4) is 5.75 Å². The van der Waals surface area contributed by atoms with Gasteiger partial charge >= 0.3 is 5.97 Å². The quantitative estimate of drug-likeness (QED) is 0.587. The number of anilines is 1. The lowest BCUT2D eigenvalue weighted by atomic mass is 10.3. The van der Waals surface area contributed by atoms with Crippen LogP contribution in [0.5, 0.6) is 5.75 Å². The smallest absolute Gasteiger partial charge is 0.325 e. The van der Waals surface area contributed by atoms with Crippen molar-refractivity contribution in [2.45, 2.75) is 12.8 Å². The van der Waals surface area contributed by atoms with Gasteiger partial charge in [0.05, 0.1) is 6.61 Å². The van der Waals surface area contributed by atoms with Gasteiger partial charge in [-0.2, -0.15) is 0 Å². The Morgan fingerprint density at radius 3 is 2.69 bits per heavy atom. The van der Waals surface area contributed by atoms with Gasteiger partial charge in [-0.05, 0) is 43.0 Å². The molecular weight excluding hydrogens is 206 g/mol. The molecule has 1 aliphatic carbocycles. The first kappa shape index (κ1) is 10.8. The van der Waals surface area contributed by atoms with E-state index in [1.807, 2.05) is 0 Å². The lowest BCUT2D eigenvalue weighted by Gasteiger charge is -2.06. The monoisotopic (exact) mass is 221 g/mol. The number of phenols is 1. The van der Waals surface area contributed by atoms with E-state index in [0.29, 0.717) is 12.5 Å². The van der Waals surface area contributed by atoms with Crippen molar-refractivity contribution in [3.05, 3.63) is 24.3 Å². The molecule has 0 spiro atoms. The van der Waals surface area contributed by atoms with Crippen LogP contribution in [0.1, 0.15) is 12.8 Å². The first-order valence-corrected chi connectivity index (χ1v) is 5.42. The Bertz CT molecular complexity index is 357. The number of carbonyl (C=O) groups excluding carboxylic acids is 1. The summed E-state index contributed by atoms with van der Waals surface area (Å²) in [5.74, 6) is 0.569. The van der Waals surface area contributed by atoms with Crippen molar-refractivity contribution in [3.63, 3.8) is 0 Å². The van der Waals surface area contributed by atoms with E-state index in [-0.39, 0.29) is 18.3 Å². The van der Waals surface area contributed by atoms with E-state index in [1.54, 1.807) is 24.3 Å². The lowest BCUT2D eigenvalue weighted by molar-refractivity contribution is -0.141. The molecule has 0 aliphatic heterocycles. The third-order valence-corrected chi connectivity index (χ3v) is 2.48. The maximum atomic E-state index is 11.3. The van der Waals surface area contributed by atoms with Crippen molar-refractivity contribution in [2.75, 3.05) is 18.5 Å². The Balaban J connectivity index is 1.69. The second-order valence-corrected chi connectivity index (χ2v) is 4.03. The van der Waals surface area contributed by atoms with Gasteiger partial charge in [0.2, 0.25) is 0 Å². The van der Waals surface area contributed by atoms with Gasteiger partial charge in [-0.15, -0.1) is 0 Å². The number of rotatable bonds is 5. The number of phenolic OH excluding ortho intramolecular Hbond substituents is 1. The number of aromatic hydroxyl groups is 1. The van der Waals surface area contributed by atoms with Crippen LogP contribution in [0.2, 0.25) is 0 Å². The highest BCUT2D eigenvalue weighted by Gasteiger charge is 2.22. The van der Waals surface area contributed by atoms with Crippen LogP contribution in [0.4, 0.5) is 5.69 Å². The Hall–Kier alpha value is -1.71. The van der Waals surface area contributed by atoms with E-state index in [9.17, 15) is 4.79 Å². The summed E-state index contributed by atoms with van der Waals surface area (Å²) in [4.78, 5) is 11.3. The second-order valence-electron chi connectivity index (χ2n) is 4.03. The molecule has 0 bridgehead atoms. The zero-order valence-electron chi connectivity index (χ0n) is 8.98. The average Bonchev–Trinajstić information content (AvgIpc) is 3.09. The molecule has 0 aromatic heterocycles. The number of hydrogen-bond acceptors (Lipinski definition) is 4. The van der Waals surface area contributed by atoms with Gasteiger partial charge in [0.25, 0.3) is 0 Å². The van der Waals surface area contributed by atoms with Crippen molar-refractivity contribution in [2.24, 2.45) is 5.92 Å². The molecule has 1 aromatic carbocycles. The largest absolute Gasteiger partial charge is 0.508 e. The number of hydrogen-bond donors (Lipinski definition) is 2. The average molecular weight is 221 g/mol. The summed E-state index contributed by atoms with van der Waals surface area (Å²) in [5, 5.41) is 12.0. The summed E-state index contributed by atoms with van der Waals surface area (Å²) in [7, 11) is 0. The zero-order valence-corrected chi connectivity index (χ0v) is 8.98. The number of nitrogens with one attached hydrogen (secondary N) is 1. The molecule has 2 rings (SSSR count). The van der Waals surface area contributed by atoms with E-state index >= 15 is 0 Å². The van der Waals surface area contributed by atoms with Crippen molar-refractivity contribution in [1.82, 2.24) is 0 Å². The summed E-state index contributed by atoms with van der Waals surface area (Å²) in [6, 6.07) is 6.56. The number of benzene rings is 1. The lowest BCUT2D eigenvalue weighted by Crippen LogP contribution is -2.17. The molecule has 1 aliphatic rings. The van der Waals surface area contributed by atoms with Crippen LogP contribution >= 0.6 is 0 Å².